The Labute approximate surface area is 192 Å². The van der Waals surface area contributed by atoms with Crippen LogP contribution in [-0.4, -0.2) is 29.9 Å². The second-order valence-corrected chi connectivity index (χ2v) is 10.3. The van der Waals surface area contributed by atoms with Gasteiger partial charge in [0.25, 0.3) is 0 Å². The fraction of sp³-hybridized carbons (Fsp3) is 0. The first-order valence-electron chi connectivity index (χ1n) is 8.46. The number of hydrogen-bond donors (Lipinski definition) is 0. The molecule has 0 unspecified atom stereocenters. The van der Waals surface area contributed by atoms with Gasteiger partial charge < -0.3 is 0 Å². The van der Waals surface area contributed by atoms with Gasteiger partial charge in [0.1, 0.15) is 0 Å². The molecule has 0 atom stereocenters. The van der Waals surface area contributed by atoms with Crippen LogP contribution in [0.15, 0.2) is 121 Å². The molecule has 4 rings (SSSR count). The van der Waals surface area contributed by atoms with Crippen molar-refractivity contribution in [3.63, 3.8) is 0 Å². The van der Waals surface area contributed by atoms with Gasteiger partial charge in [0.15, 0.2) is 0 Å². The summed E-state index contributed by atoms with van der Waals surface area (Å²) in [6, 6.07) is 42.5. The van der Waals surface area contributed by atoms with Crippen LogP contribution in [0.25, 0.3) is 0 Å². The van der Waals surface area contributed by atoms with Crippen LogP contribution in [-0.2, 0) is 0 Å². The molecule has 0 spiro atoms. The van der Waals surface area contributed by atoms with Gasteiger partial charge in [-0.3, -0.25) is 0 Å². The van der Waals surface area contributed by atoms with E-state index in [0.717, 1.165) is 0 Å². The number of benzene rings is 4. The Morgan fingerprint density at radius 3 is 0.643 bits per heavy atom. The Bertz CT molecular complexity index is 719. The Kier molecular flexibility index (Phi) is 12.7. The van der Waals surface area contributed by atoms with Crippen LogP contribution in [0, 0.1) is 0 Å². The third-order valence-corrected chi connectivity index (χ3v) is 7.71. The molecule has 4 heteroatoms. The molecule has 4 aromatic rings. The zero-order chi connectivity index (χ0) is 17.9. The minimum absolute atomic E-state index is 0. The summed E-state index contributed by atoms with van der Waals surface area (Å²) in [5.74, 6) is 0. The van der Waals surface area contributed by atoms with Crippen molar-refractivity contribution in [1.82, 2.24) is 0 Å². The van der Waals surface area contributed by atoms with Crippen LogP contribution in [0.5, 0.6) is 0 Å². The van der Waals surface area contributed by atoms with E-state index in [1.807, 2.05) is 0 Å². The van der Waals surface area contributed by atoms with Gasteiger partial charge in [-0.05, 0) is 0 Å². The van der Waals surface area contributed by atoms with Crippen LogP contribution < -0.4 is 17.8 Å². The molecule has 0 amide bonds. The molecule has 0 aliphatic carbocycles. The predicted octanol–water partition coefficient (Wildman–Crippen LogP) is 3.53. The summed E-state index contributed by atoms with van der Waals surface area (Å²) >= 11 is 0.922. The van der Waals surface area contributed by atoms with E-state index in [1.54, 1.807) is 0 Å². The Morgan fingerprint density at radius 1 is 0.286 bits per heavy atom. The minimum atomic E-state index is 0. The first-order valence-corrected chi connectivity index (χ1v) is 11.9. The first-order chi connectivity index (χ1) is 12.9. The van der Waals surface area contributed by atoms with Gasteiger partial charge in [-0.15, -0.1) is 24.8 Å². The van der Waals surface area contributed by atoms with Gasteiger partial charge in [0, 0.05) is 0 Å². The molecule has 0 aliphatic heterocycles. The van der Waals surface area contributed by atoms with Crippen molar-refractivity contribution in [2.75, 3.05) is 0 Å². The zero-order valence-electron chi connectivity index (χ0n) is 15.2. The van der Waals surface area contributed by atoms with E-state index in [-0.39, 0.29) is 24.8 Å². The van der Waals surface area contributed by atoms with E-state index in [1.165, 1.54) is 17.8 Å². The average Bonchev–Trinajstić information content (AvgIpc) is 2.72. The van der Waals surface area contributed by atoms with Crippen molar-refractivity contribution in [2.24, 2.45) is 0 Å². The summed E-state index contributed by atoms with van der Waals surface area (Å²) in [6.07, 6.45) is 0. The molecule has 0 radical (unpaired) electrons. The number of hydrogen-bond acceptors (Lipinski definition) is 0. The van der Waals surface area contributed by atoms with Gasteiger partial charge in [-0.2, -0.15) is 0 Å². The zero-order valence-corrected chi connectivity index (χ0v) is 20.2. The molecule has 0 aromatic heterocycles. The second kappa shape index (κ2) is 14.5. The van der Waals surface area contributed by atoms with Gasteiger partial charge in [-0.25, -0.2) is 0 Å². The molecule has 0 saturated heterocycles. The predicted molar refractivity (Wildman–Crippen MR) is 130 cm³/mol. The summed E-state index contributed by atoms with van der Waals surface area (Å²) in [5, 5.41) is 0. The molecule has 144 valence electrons. The topological polar surface area (TPSA) is 0 Å². The van der Waals surface area contributed by atoms with E-state index in [4.69, 9.17) is 0 Å². The number of halogens is 2. The Morgan fingerprint density at radius 2 is 0.464 bits per heavy atom. The SMILES string of the molecule is Cl.Cl.c1ccc([Se]c2ccccc2)cc1.c1ccc([Se]c2ccccc2)cc1. The van der Waals surface area contributed by atoms with Crippen LogP contribution in [0.1, 0.15) is 0 Å². The summed E-state index contributed by atoms with van der Waals surface area (Å²) in [6.45, 7) is 0. The molecular formula is C24H22Cl2Se2. The molecule has 0 fully saturated rings. The summed E-state index contributed by atoms with van der Waals surface area (Å²) in [4.78, 5) is 0. The maximum atomic E-state index is 2.19. The van der Waals surface area contributed by atoms with Crippen LogP contribution in [0.4, 0.5) is 0 Å². The van der Waals surface area contributed by atoms with Crippen molar-refractivity contribution in [3.05, 3.63) is 121 Å². The van der Waals surface area contributed by atoms with Gasteiger partial charge in [0.2, 0.25) is 0 Å². The Hall–Kier alpha value is -1.50. The third kappa shape index (κ3) is 9.13. The maximum absolute atomic E-state index is 2.19. The van der Waals surface area contributed by atoms with Gasteiger partial charge in [-0.1, -0.05) is 0 Å². The van der Waals surface area contributed by atoms with Crippen molar-refractivity contribution < 1.29 is 0 Å². The summed E-state index contributed by atoms with van der Waals surface area (Å²) in [7, 11) is 0. The third-order valence-electron chi connectivity index (χ3n) is 3.44. The molecule has 28 heavy (non-hydrogen) atoms. The van der Waals surface area contributed by atoms with Gasteiger partial charge >= 0.3 is 169 Å². The van der Waals surface area contributed by atoms with E-state index in [0.29, 0.717) is 29.9 Å². The second-order valence-electron chi connectivity index (χ2n) is 5.46. The van der Waals surface area contributed by atoms with Crippen LogP contribution in [0.3, 0.4) is 0 Å². The standard InChI is InChI=1S/2C12H10Se.2ClH/c2*1-3-7-11(8-4-1)13-12-9-5-2-6-10-12;;/h2*1-10H;2*1H. The Balaban J connectivity index is 0.000000261. The molecule has 0 aliphatic rings. The molecule has 4 aromatic carbocycles. The molecular weight excluding hydrogens is 517 g/mol. The summed E-state index contributed by atoms with van der Waals surface area (Å²) < 4.78 is 5.73. The van der Waals surface area contributed by atoms with Crippen LogP contribution >= 0.6 is 24.8 Å². The molecule has 0 bridgehead atoms. The monoisotopic (exact) mass is 540 g/mol. The van der Waals surface area contributed by atoms with E-state index in [2.05, 4.69) is 121 Å². The molecule has 0 heterocycles. The molecule has 0 nitrogen and oxygen atoms in total. The van der Waals surface area contributed by atoms with E-state index in [9.17, 15) is 0 Å². The number of rotatable bonds is 4. The molecule has 0 N–H and O–H groups in total. The van der Waals surface area contributed by atoms with Crippen molar-refractivity contribution in [1.29, 1.82) is 0 Å². The fourth-order valence-electron chi connectivity index (χ4n) is 2.23. The van der Waals surface area contributed by atoms with Crippen LogP contribution in [0.2, 0.25) is 0 Å². The van der Waals surface area contributed by atoms with Gasteiger partial charge in [0.05, 0.1) is 0 Å². The van der Waals surface area contributed by atoms with E-state index >= 15 is 0 Å². The van der Waals surface area contributed by atoms with Crippen molar-refractivity contribution in [2.45, 2.75) is 0 Å². The summed E-state index contributed by atoms with van der Waals surface area (Å²) in [5.41, 5.74) is 0. The first kappa shape index (κ1) is 24.5. The molecule has 0 saturated carbocycles. The normalized spacial score (nSPS) is 9.14. The van der Waals surface area contributed by atoms with Crippen molar-refractivity contribution >= 4 is 72.6 Å². The quantitative estimate of drug-likeness (QED) is 0.349. The van der Waals surface area contributed by atoms with E-state index < -0.39 is 0 Å². The fourth-order valence-corrected chi connectivity index (χ4v) is 5.83. The average molecular weight is 539 g/mol. The van der Waals surface area contributed by atoms with Crippen molar-refractivity contribution in [3.8, 4) is 0 Å².